The van der Waals surface area contributed by atoms with Crippen LogP contribution in [-0.2, 0) is 0 Å². The molecule has 2 aromatic rings. The van der Waals surface area contributed by atoms with Crippen molar-refractivity contribution in [3.05, 3.63) is 70.8 Å². The summed E-state index contributed by atoms with van der Waals surface area (Å²) in [5.74, 6) is 5.50. The van der Waals surface area contributed by atoms with Crippen molar-refractivity contribution in [1.82, 2.24) is 0 Å². The molecule has 0 atom stereocenters. The molecule has 2 aromatic carbocycles. The molecule has 0 aliphatic carbocycles. The zero-order valence-corrected chi connectivity index (χ0v) is 10.1. The molecule has 0 aliphatic rings. The Balaban J connectivity index is 2.41. The smallest absolute Gasteiger partial charge is 0.0971 e. The Bertz CT molecular complexity index is 474. The van der Waals surface area contributed by atoms with E-state index in [4.69, 9.17) is 5.84 Å². The number of nitrogens with two attached hydrogens (primary N) is 1. The molecule has 0 spiro atoms. The number of nitrogens with zero attached hydrogens (tertiary/aromatic N) is 1. The van der Waals surface area contributed by atoms with Crippen molar-refractivity contribution in [1.29, 1.82) is 0 Å². The van der Waals surface area contributed by atoms with Crippen molar-refractivity contribution in [2.45, 2.75) is 13.8 Å². The summed E-state index contributed by atoms with van der Waals surface area (Å²) < 4.78 is 0. The number of benzene rings is 2. The van der Waals surface area contributed by atoms with Crippen LogP contribution in [0.5, 0.6) is 0 Å². The van der Waals surface area contributed by atoms with E-state index in [2.05, 4.69) is 43.2 Å². The molecule has 86 valence electrons. The lowest BCUT2D eigenvalue weighted by atomic mass is 10.0. The first-order valence-electron chi connectivity index (χ1n) is 5.62. The van der Waals surface area contributed by atoms with Crippen molar-refractivity contribution >= 4 is 5.71 Å². The molecule has 0 saturated carbocycles. The van der Waals surface area contributed by atoms with Crippen LogP contribution in [-0.4, -0.2) is 5.71 Å². The van der Waals surface area contributed by atoms with Gasteiger partial charge in [-0.1, -0.05) is 59.7 Å². The molecule has 2 heteroatoms. The van der Waals surface area contributed by atoms with Crippen LogP contribution in [0.3, 0.4) is 0 Å². The summed E-state index contributed by atoms with van der Waals surface area (Å²) >= 11 is 0. The monoisotopic (exact) mass is 224 g/mol. The lowest BCUT2D eigenvalue weighted by molar-refractivity contribution is 1.24. The summed E-state index contributed by atoms with van der Waals surface area (Å²) in [4.78, 5) is 0. The second-order valence-electron chi connectivity index (χ2n) is 4.21. The van der Waals surface area contributed by atoms with Crippen molar-refractivity contribution in [3.8, 4) is 0 Å². The zero-order valence-electron chi connectivity index (χ0n) is 10.1. The van der Waals surface area contributed by atoms with E-state index in [1.165, 1.54) is 11.1 Å². The Morgan fingerprint density at radius 2 is 1.12 bits per heavy atom. The fourth-order valence-electron chi connectivity index (χ4n) is 1.74. The highest BCUT2D eigenvalue weighted by Crippen LogP contribution is 2.12. The van der Waals surface area contributed by atoms with Gasteiger partial charge in [-0.05, 0) is 13.8 Å². The van der Waals surface area contributed by atoms with Crippen molar-refractivity contribution < 1.29 is 0 Å². The van der Waals surface area contributed by atoms with E-state index in [1.807, 2.05) is 24.3 Å². The third-order valence-electron chi connectivity index (χ3n) is 2.78. The largest absolute Gasteiger partial charge is 0.323 e. The average molecular weight is 224 g/mol. The molecule has 0 unspecified atom stereocenters. The third kappa shape index (κ3) is 2.53. The molecular weight excluding hydrogens is 208 g/mol. The van der Waals surface area contributed by atoms with Crippen LogP contribution in [0, 0.1) is 13.8 Å². The van der Waals surface area contributed by atoms with E-state index < -0.39 is 0 Å². The summed E-state index contributed by atoms with van der Waals surface area (Å²) in [5, 5.41) is 3.90. The first-order valence-corrected chi connectivity index (χ1v) is 5.62. The number of hydrogen-bond acceptors (Lipinski definition) is 2. The number of hydrogen-bond donors (Lipinski definition) is 1. The van der Waals surface area contributed by atoms with Gasteiger partial charge in [-0.2, -0.15) is 5.10 Å². The second-order valence-corrected chi connectivity index (χ2v) is 4.21. The molecule has 0 aromatic heterocycles. The van der Waals surface area contributed by atoms with Gasteiger partial charge in [0.25, 0.3) is 0 Å². The van der Waals surface area contributed by atoms with E-state index in [-0.39, 0.29) is 0 Å². The molecule has 0 amide bonds. The zero-order chi connectivity index (χ0) is 12.3. The fourth-order valence-corrected chi connectivity index (χ4v) is 1.74. The topological polar surface area (TPSA) is 38.4 Å². The molecule has 0 bridgehead atoms. The standard InChI is InChI=1S/C15H16N2/c1-11-3-7-13(8-4-11)15(17-16)14-9-5-12(2)6-10-14/h3-10H,16H2,1-2H3. The number of rotatable bonds is 2. The minimum Gasteiger partial charge on any atom is -0.323 e. The number of aryl methyl sites for hydroxylation is 2. The minimum atomic E-state index is 0.824. The lowest BCUT2D eigenvalue weighted by Crippen LogP contribution is -2.06. The minimum absolute atomic E-state index is 0.824. The van der Waals surface area contributed by atoms with Crippen LogP contribution in [0.1, 0.15) is 22.3 Å². The highest BCUT2D eigenvalue weighted by Gasteiger charge is 2.05. The maximum absolute atomic E-state index is 5.50. The van der Waals surface area contributed by atoms with Crippen molar-refractivity contribution in [2.75, 3.05) is 0 Å². The molecule has 2 N–H and O–H groups in total. The van der Waals surface area contributed by atoms with E-state index in [9.17, 15) is 0 Å². The highest BCUT2D eigenvalue weighted by molar-refractivity contribution is 6.12. The van der Waals surface area contributed by atoms with Gasteiger partial charge in [0.15, 0.2) is 0 Å². The molecule has 2 rings (SSSR count). The van der Waals surface area contributed by atoms with E-state index >= 15 is 0 Å². The summed E-state index contributed by atoms with van der Waals surface area (Å²) in [5.41, 5.74) is 5.37. The van der Waals surface area contributed by atoms with Gasteiger partial charge in [0, 0.05) is 11.1 Å². The van der Waals surface area contributed by atoms with Gasteiger partial charge >= 0.3 is 0 Å². The maximum Gasteiger partial charge on any atom is 0.0971 e. The average Bonchev–Trinajstić information content (AvgIpc) is 2.35. The Morgan fingerprint density at radius 1 is 0.765 bits per heavy atom. The van der Waals surface area contributed by atoms with Crippen molar-refractivity contribution in [2.24, 2.45) is 10.9 Å². The summed E-state index contributed by atoms with van der Waals surface area (Å²) in [6.07, 6.45) is 0. The fraction of sp³-hybridized carbons (Fsp3) is 0.133. The maximum atomic E-state index is 5.50. The van der Waals surface area contributed by atoms with Crippen LogP contribution in [0.4, 0.5) is 0 Å². The molecule has 0 saturated heterocycles. The van der Waals surface area contributed by atoms with Gasteiger partial charge in [0.1, 0.15) is 0 Å². The Hall–Kier alpha value is -2.09. The molecule has 2 nitrogen and oxygen atoms in total. The molecule has 0 aliphatic heterocycles. The van der Waals surface area contributed by atoms with E-state index in [1.54, 1.807) is 0 Å². The van der Waals surface area contributed by atoms with Crippen LogP contribution in [0.15, 0.2) is 53.6 Å². The van der Waals surface area contributed by atoms with Gasteiger partial charge in [0.2, 0.25) is 0 Å². The Labute approximate surface area is 102 Å². The van der Waals surface area contributed by atoms with E-state index in [0.29, 0.717) is 0 Å². The Morgan fingerprint density at radius 3 is 1.41 bits per heavy atom. The first-order chi connectivity index (χ1) is 8.20. The molecular formula is C15H16N2. The lowest BCUT2D eigenvalue weighted by Gasteiger charge is -2.06. The van der Waals surface area contributed by atoms with Crippen LogP contribution < -0.4 is 5.84 Å². The van der Waals surface area contributed by atoms with Crippen molar-refractivity contribution in [3.63, 3.8) is 0 Å². The predicted octanol–water partition coefficient (Wildman–Crippen LogP) is 3.01. The summed E-state index contributed by atoms with van der Waals surface area (Å²) in [7, 11) is 0. The third-order valence-corrected chi connectivity index (χ3v) is 2.78. The first kappa shape index (κ1) is 11.4. The van der Waals surface area contributed by atoms with E-state index in [0.717, 1.165) is 16.8 Å². The SMILES string of the molecule is Cc1ccc(C(=NN)c2ccc(C)cc2)cc1. The van der Waals surface area contributed by atoms with Crippen LogP contribution in [0.2, 0.25) is 0 Å². The van der Waals surface area contributed by atoms with Crippen LogP contribution in [0.25, 0.3) is 0 Å². The van der Waals surface area contributed by atoms with Gasteiger partial charge in [0.05, 0.1) is 5.71 Å². The summed E-state index contributed by atoms with van der Waals surface area (Å²) in [6.45, 7) is 4.13. The van der Waals surface area contributed by atoms with Gasteiger partial charge in [-0.25, -0.2) is 0 Å². The summed E-state index contributed by atoms with van der Waals surface area (Å²) in [6, 6.07) is 16.4. The quantitative estimate of drug-likeness (QED) is 0.475. The molecule has 0 fully saturated rings. The second kappa shape index (κ2) is 4.83. The molecule has 17 heavy (non-hydrogen) atoms. The normalized spacial score (nSPS) is 10.0. The van der Waals surface area contributed by atoms with Gasteiger partial charge in [-0.3, -0.25) is 0 Å². The van der Waals surface area contributed by atoms with Gasteiger partial charge in [-0.15, -0.1) is 0 Å². The highest BCUT2D eigenvalue weighted by atomic mass is 15.1. The molecule has 0 radical (unpaired) electrons. The predicted molar refractivity (Wildman–Crippen MR) is 72.2 cm³/mol. The molecule has 0 heterocycles. The Kier molecular flexibility index (Phi) is 3.24. The van der Waals surface area contributed by atoms with Crippen LogP contribution >= 0.6 is 0 Å². The number of hydrazone groups is 1. The van der Waals surface area contributed by atoms with Gasteiger partial charge < -0.3 is 5.84 Å².